The number of rotatable bonds is 6. The van der Waals surface area contributed by atoms with Crippen molar-refractivity contribution in [2.45, 2.75) is 19.6 Å². The van der Waals surface area contributed by atoms with Gasteiger partial charge in [0.1, 0.15) is 5.82 Å². The third-order valence-electron chi connectivity index (χ3n) is 3.43. The lowest BCUT2D eigenvalue weighted by Crippen LogP contribution is -2.22. The fraction of sp³-hybridized carbons (Fsp3) is 0.167. The van der Waals surface area contributed by atoms with Crippen LogP contribution in [-0.4, -0.2) is 9.88 Å². The van der Waals surface area contributed by atoms with Crippen molar-refractivity contribution >= 4 is 11.3 Å². The fourth-order valence-electron chi connectivity index (χ4n) is 2.41. The molecule has 0 atom stereocenters. The Balaban J connectivity index is 1.74. The maximum atomic E-state index is 13.1. The van der Waals surface area contributed by atoms with Crippen LogP contribution in [-0.2, 0) is 19.6 Å². The summed E-state index contributed by atoms with van der Waals surface area (Å²) in [6.45, 7) is 2.47. The standard InChI is InChI=1S/C18H17FN2S/c19-18-5-3-15(4-6-18)11-21(13-17-7-9-22-14-17)12-16-2-1-8-20-10-16/h1-10,14H,11-13H2. The van der Waals surface area contributed by atoms with Crippen LogP contribution in [0.4, 0.5) is 4.39 Å². The van der Waals surface area contributed by atoms with Gasteiger partial charge in [-0.05, 0) is 51.7 Å². The predicted molar refractivity (Wildman–Crippen MR) is 87.9 cm³/mol. The highest BCUT2D eigenvalue weighted by atomic mass is 32.1. The zero-order valence-corrected chi connectivity index (χ0v) is 13.0. The van der Waals surface area contributed by atoms with Gasteiger partial charge in [-0.3, -0.25) is 9.88 Å². The van der Waals surface area contributed by atoms with E-state index in [1.54, 1.807) is 17.5 Å². The topological polar surface area (TPSA) is 16.1 Å². The van der Waals surface area contributed by atoms with Gasteiger partial charge in [-0.15, -0.1) is 0 Å². The summed E-state index contributed by atoms with van der Waals surface area (Å²) in [6, 6.07) is 12.9. The Morgan fingerprint density at radius 3 is 2.36 bits per heavy atom. The molecule has 0 amide bonds. The van der Waals surface area contributed by atoms with Crippen molar-refractivity contribution in [3.05, 3.63) is 88.1 Å². The van der Waals surface area contributed by atoms with Crippen LogP contribution in [0.1, 0.15) is 16.7 Å². The maximum absolute atomic E-state index is 13.1. The van der Waals surface area contributed by atoms with Crippen LogP contribution in [0.2, 0.25) is 0 Å². The molecular weight excluding hydrogens is 295 g/mol. The molecule has 0 aliphatic rings. The second-order valence-corrected chi connectivity index (χ2v) is 6.04. The molecule has 0 spiro atoms. The molecule has 0 radical (unpaired) electrons. The van der Waals surface area contributed by atoms with Gasteiger partial charge in [0.15, 0.2) is 0 Å². The monoisotopic (exact) mass is 312 g/mol. The van der Waals surface area contributed by atoms with Crippen LogP contribution in [0.3, 0.4) is 0 Å². The summed E-state index contributed by atoms with van der Waals surface area (Å²) in [7, 11) is 0. The van der Waals surface area contributed by atoms with Crippen molar-refractivity contribution in [2.24, 2.45) is 0 Å². The molecule has 1 aromatic carbocycles. The first-order valence-corrected chi connectivity index (χ1v) is 8.11. The van der Waals surface area contributed by atoms with Gasteiger partial charge in [0.25, 0.3) is 0 Å². The molecule has 0 fully saturated rings. The normalized spacial score (nSPS) is 11.0. The average Bonchev–Trinajstić information content (AvgIpc) is 3.03. The van der Waals surface area contributed by atoms with E-state index in [2.05, 4.69) is 32.8 Å². The molecular formula is C18H17FN2S. The summed E-state index contributed by atoms with van der Waals surface area (Å²) in [5.41, 5.74) is 3.59. The summed E-state index contributed by atoms with van der Waals surface area (Å²) < 4.78 is 13.1. The fourth-order valence-corrected chi connectivity index (χ4v) is 3.07. The number of pyridine rings is 1. The molecule has 2 heterocycles. The summed E-state index contributed by atoms with van der Waals surface area (Å²) in [5.74, 6) is -0.194. The first-order valence-electron chi connectivity index (χ1n) is 7.16. The minimum Gasteiger partial charge on any atom is -0.290 e. The lowest BCUT2D eigenvalue weighted by atomic mass is 10.1. The molecule has 112 valence electrons. The van der Waals surface area contributed by atoms with E-state index in [4.69, 9.17) is 0 Å². The maximum Gasteiger partial charge on any atom is 0.123 e. The van der Waals surface area contributed by atoms with Gasteiger partial charge in [0.2, 0.25) is 0 Å². The molecule has 0 saturated heterocycles. The van der Waals surface area contributed by atoms with Gasteiger partial charge in [0, 0.05) is 32.0 Å². The molecule has 0 N–H and O–H groups in total. The van der Waals surface area contributed by atoms with Crippen molar-refractivity contribution in [1.29, 1.82) is 0 Å². The van der Waals surface area contributed by atoms with Crippen molar-refractivity contribution in [3.8, 4) is 0 Å². The summed E-state index contributed by atoms with van der Waals surface area (Å²) in [4.78, 5) is 6.52. The Morgan fingerprint density at radius 2 is 1.68 bits per heavy atom. The van der Waals surface area contributed by atoms with Gasteiger partial charge in [-0.2, -0.15) is 11.3 Å². The van der Waals surface area contributed by atoms with E-state index in [1.165, 1.54) is 23.3 Å². The summed E-state index contributed by atoms with van der Waals surface area (Å²) in [5, 5.41) is 4.26. The third kappa shape index (κ3) is 4.23. The second-order valence-electron chi connectivity index (χ2n) is 5.26. The quantitative estimate of drug-likeness (QED) is 0.667. The number of thiophene rings is 1. The largest absolute Gasteiger partial charge is 0.290 e. The van der Waals surface area contributed by atoms with E-state index in [0.29, 0.717) is 0 Å². The molecule has 0 aliphatic carbocycles. The van der Waals surface area contributed by atoms with E-state index >= 15 is 0 Å². The van der Waals surface area contributed by atoms with Crippen LogP contribution >= 0.6 is 11.3 Å². The number of halogens is 1. The Labute approximate surface area is 133 Å². The zero-order chi connectivity index (χ0) is 15.2. The average molecular weight is 312 g/mol. The molecule has 2 nitrogen and oxygen atoms in total. The minimum atomic E-state index is -0.194. The first-order chi connectivity index (χ1) is 10.8. The lowest BCUT2D eigenvalue weighted by Gasteiger charge is -2.22. The number of nitrogens with zero attached hydrogens (tertiary/aromatic N) is 2. The summed E-state index contributed by atoms with van der Waals surface area (Å²) >= 11 is 1.71. The minimum absolute atomic E-state index is 0.194. The summed E-state index contributed by atoms with van der Waals surface area (Å²) in [6.07, 6.45) is 3.68. The number of hydrogen-bond donors (Lipinski definition) is 0. The number of aromatic nitrogens is 1. The van der Waals surface area contributed by atoms with Crippen molar-refractivity contribution < 1.29 is 4.39 Å². The molecule has 0 aliphatic heterocycles. The van der Waals surface area contributed by atoms with Crippen LogP contribution in [0.15, 0.2) is 65.6 Å². The zero-order valence-electron chi connectivity index (χ0n) is 12.2. The molecule has 4 heteroatoms. The Kier molecular flexibility index (Phi) is 4.93. The number of benzene rings is 1. The Morgan fingerprint density at radius 1 is 0.909 bits per heavy atom. The molecule has 0 saturated carbocycles. The molecule has 0 bridgehead atoms. The van der Waals surface area contributed by atoms with Crippen LogP contribution in [0, 0.1) is 5.82 Å². The first kappa shape index (κ1) is 14.9. The highest BCUT2D eigenvalue weighted by Crippen LogP contribution is 2.16. The third-order valence-corrected chi connectivity index (χ3v) is 4.17. The van der Waals surface area contributed by atoms with Crippen molar-refractivity contribution in [1.82, 2.24) is 9.88 Å². The number of hydrogen-bond acceptors (Lipinski definition) is 3. The highest BCUT2D eigenvalue weighted by Gasteiger charge is 2.09. The van der Waals surface area contributed by atoms with Gasteiger partial charge < -0.3 is 0 Å². The van der Waals surface area contributed by atoms with Gasteiger partial charge in [-0.25, -0.2) is 4.39 Å². The van der Waals surface area contributed by atoms with E-state index in [0.717, 1.165) is 25.2 Å². The molecule has 3 aromatic rings. The van der Waals surface area contributed by atoms with Crippen LogP contribution in [0.5, 0.6) is 0 Å². The SMILES string of the molecule is Fc1ccc(CN(Cc2cccnc2)Cc2ccsc2)cc1. The van der Waals surface area contributed by atoms with Gasteiger partial charge >= 0.3 is 0 Å². The Bertz CT molecular complexity index is 681. The molecule has 0 unspecified atom stereocenters. The van der Waals surface area contributed by atoms with Crippen molar-refractivity contribution in [2.75, 3.05) is 0 Å². The smallest absolute Gasteiger partial charge is 0.123 e. The van der Waals surface area contributed by atoms with Crippen LogP contribution in [0.25, 0.3) is 0 Å². The Hall–Kier alpha value is -2.04. The highest BCUT2D eigenvalue weighted by molar-refractivity contribution is 7.07. The van der Waals surface area contributed by atoms with E-state index in [1.807, 2.05) is 24.4 Å². The van der Waals surface area contributed by atoms with E-state index < -0.39 is 0 Å². The van der Waals surface area contributed by atoms with E-state index in [9.17, 15) is 4.39 Å². The van der Waals surface area contributed by atoms with E-state index in [-0.39, 0.29) is 5.82 Å². The van der Waals surface area contributed by atoms with Crippen molar-refractivity contribution in [3.63, 3.8) is 0 Å². The van der Waals surface area contributed by atoms with Crippen LogP contribution < -0.4 is 0 Å². The van der Waals surface area contributed by atoms with Gasteiger partial charge in [-0.1, -0.05) is 18.2 Å². The predicted octanol–water partition coefficient (Wildman–Crippen LogP) is 4.48. The van der Waals surface area contributed by atoms with Gasteiger partial charge in [0.05, 0.1) is 0 Å². The molecule has 3 rings (SSSR count). The lowest BCUT2D eigenvalue weighted by molar-refractivity contribution is 0.247. The molecule has 2 aromatic heterocycles. The second kappa shape index (κ2) is 7.29. The molecule has 22 heavy (non-hydrogen) atoms.